The molecule has 0 unspecified atom stereocenters. The molecular formula is C29H25FN4O2. The number of aromatic nitrogens is 3. The molecular weight excluding hydrogens is 455 g/mol. The first kappa shape index (κ1) is 23.2. The van der Waals surface area contributed by atoms with Gasteiger partial charge in [0.05, 0.1) is 11.4 Å². The molecule has 0 fully saturated rings. The number of carbonyl (C=O) groups is 1. The van der Waals surface area contributed by atoms with Gasteiger partial charge in [0.25, 0.3) is 5.91 Å². The van der Waals surface area contributed by atoms with Gasteiger partial charge < -0.3 is 10.1 Å². The van der Waals surface area contributed by atoms with Gasteiger partial charge in [-0.2, -0.15) is 0 Å². The van der Waals surface area contributed by atoms with Gasteiger partial charge >= 0.3 is 0 Å². The van der Waals surface area contributed by atoms with Crippen LogP contribution in [0.1, 0.15) is 28.7 Å². The Bertz CT molecular complexity index is 1510. The van der Waals surface area contributed by atoms with E-state index in [1.807, 2.05) is 66.9 Å². The fourth-order valence-corrected chi connectivity index (χ4v) is 4.13. The van der Waals surface area contributed by atoms with Crippen LogP contribution in [0.2, 0.25) is 0 Å². The molecule has 0 saturated heterocycles. The topological polar surface area (TPSA) is 68.5 Å². The number of ether oxygens (including phenoxy) is 1. The summed E-state index contributed by atoms with van der Waals surface area (Å²) in [7, 11) is 0. The second-order valence-corrected chi connectivity index (χ2v) is 8.40. The molecule has 0 saturated carbocycles. The largest absolute Gasteiger partial charge is 0.485 e. The molecule has 3 heterocycles. The molecule has 5 aromatic rings. The maximum Gasteiger partial charge on any atom is 0.269 e. The number of hydrogen-bond acceptors (Lipinski definition) is 4. The molecule has 36 heavy (non-hydrogen) atoms. The van der Waals surface area contributed by atoms with E-state index in [0.29, 0.717) is 30.2 Å². The van der Waals surface area contributed by atoms with Gasteiger partial charge in [-0.05, 0) is 66.9 Å². The molecule has 2 aromatic carbocycles. The number of halogens is 1. The Morgan fingerprint density at radius 3 is 2.33 bits per heavy atom. The smallest absolute Gasteiger partial charge is 0.269 e. The van der Waals surface area contributed by atoms with E-state index in [1.165, 1.54) is 12.1 Å². The lowest BCUT2D eigenvalue weighted by Crippen LogP contribution is -2.23. The van der Waals surface area contributed by atoms with E-state index in [9.17, 15) is 9.18 Å². The minimum Gasteiger partial charge on any atom is -0.485 e. The predicted octanol–water partition coefficient (Wildman–Crippen LogP) is 5.84. The van der Waals surface area contributed by atoms with Crippen LogP contribution in [0.3, 0.4) is 0 Å². The molecule has 5 rings (SSSR count). The highest BCUT2D eigenvalue weighted by atomic mass is 19.1. The van der Waals surface area contributed by atoms with Gasteiger partial charge in [0, 0.05) is 24.5 Å². The highest BCUT2D eigenvalue weighted by Crippen LogP contribution is 2.29. The number of aryl methyl sites for hydroxylation is 1. The van der Waals surface area contributed by atoms with E-state index in [1.54, 1.807) is 24.4 Å². The minimum atomic E-state index is -0.247. The third-order valence-electron chi connectivity index (χ3n) is 5.92. The van der Waals surface area contributed by atoms with Crippen LogP contribution in [-0.2, 0) is 6.61 Å². The van der Waals surface area contributed by atoms with Crippen LogP contribution in [-0.4, -0.2) is 26.8 Å². The monoisotopic (exact) mass is 480 g/mol. The third-order valence-corrected chi connectivity index (χ3v) is 5.92. The van der Waals surface area contributed by atoms with E-state index in [2.05, 4.69) is 10.3 Å². The van der Waals surface area contributed by atoms with Crippen LogP contribution in [0.4, 0.5) is 4.39 Å². The fraction of sp³-hybridized carbons (Fsp3) is 0.138. The molecule has 1 amide bonds. The lowest BCUT2D eigenvalue weighted by Gasteiger charge is -2.10. The number of pyridine rings is 2. The molecule has 0 aliphatic heterocycles. The summed E-state index contributed by atoms with van der Waals surface area (Å²) >= 11 is 0. The van der Waals surface area contributed by atoms with Crippen molar-refractivity contribution in [1.29, 1.82) is 0 Å². The molecule has 6 nitrogen and oxygen atoms in total. The lowest BCUT2D eigenvalue weighted by atomic mass is 10.0. The highest BCUT2D eigenvalue weighted by molar-refractivity contribution is 5.92. The predicted molar refractivity (Wildman–Crippen MR) is 137 cm³/mol. The summed E-state index contributed by atoms with van der Waals surface area (Å²) in [6.45, 7) is 4.75. The van der Waals surface area contributed by atoms with Crippen molar-refractivity contribution < 1.29 is 13.9 Å². The van der Waals surface area contributed by atoms with Crippen LogP contribution in [0.25, 0.3) is 28.0 Å². The Morgan fingerprint density at radius 2 is 1.67 bits per heavy atom. The lowest BCUT2D eigenvalue weighted by molar-refractivity contribution is 0.0951. The quantitative estimate of drug-likeness (QED) is 0.318. The average Bonchev–Trinajstić information content (AvgIpc) is 3.25. The fourth-order valence-electron chi connectivity index (χ4n) is 4.13. The number of nitrogens with one attached hydrogen (secondary N) is 1. The Balaban J connectivity index is 1.36. The van der Waals surface area contributed by atoms with Crippen LogP contribution in [0.5, 0.6) is 5.75 Å². The van der Waals surface area contributed by atoms with Gasteiger partial charge in [-0.15, -0.1) is 0 Å². The number of fused-ring (bicyclic) bond motifs is 1. The number of benzene rings is 2. The zero-order chi connectivity index (χ0) is 25.1. The van der Waals surface area contributed by atoms with Crippen molar-refractivity contribution in [1.82, 2.24) is 19.7 Å². The van der Waals surface area contributed by atoms with Gasteiger partial charge in [0.2, 0.25) is 0 Å². The molecule has 0 aliphatic carbocycles. The molecule has 0 radical (unpaired) electrons. The van der Waals surface area contributed by atoms with Crippen molar-refractivity contribution in [3.8, 4) is 28.1 Å². The summed E-state index contributed by atoms with van der Waals surface area (Å²) in [6, 6.07) is 21.9. The molecule has 0 atom stereocenters. The average molecular weight is 481 g/mol. The summed E-state index contributed by atoms with van der Waals surface area (Å²) in [5, 5.41) is 2.76. The van der Waals surface area contributed by atoms with Crippen LogP contribution in [0.15, 0.2) is 85.2 Å². The molecule has 180 valence electrons. The third kappa shape index (κ3) is 4.68. The Morgan fingerprint density at radius 1 is 0.972 bits per heavy atom. The molecule has 1 N–H and O–H groups in total. The summed E-state index contributed by atoms with van der Waals surface area (Å²) in [5.74, 6) is 0.227. The second kappa shape index (κ2) is 10.00. The number of imidazole rings is 1. The molecule has 7 heteroatoms. The van der Waals surface area contributed by atoms with E-state index in [0.717, 1.165) is 33.6 Å². The SMILES string of the molecule is CCNC(=O)c1ccc(-c2c(C)nc3c(OCc4ccc(-c5ccc(F)cc5)cc4)cccn23)cn1. The standard InChI is InChI=1S/C29H25FN4O2/c1-3-31-29(35)25-15-12-23(17-32-25)27-19(2)33-28-26(5-4-16-34(27)28)36-18-20-6-8-21(9-7-20)22-10-13-24(30)14-11-22/h4-17H,3,18H2,1-2H3,(H,31,35). The van der Waals surface area contributed by atoms with Crippen LogP contribution in [0, 0.1) is 12.7 Å². The highest BCUT2D eigenvalue weighted by Gasteiger charge is 2.16. The number of rotatable bonds is 7. The molecule has 0 aliphatic rings. The first-order chi connectivity index (χ1) is 17.5. The summed E-state index contributed by atoms with van der Waals surface area (Å²) in [6.07, 6.45) is 3.63. The van der Waals surface area contributed by atoms with Crippen molar-refractivity contribution in [2.24, 2.45) is 0 Å². The number of hydrogen-bond donors (Lipinski definition) is 1. The summed E-state index contributed by atoms with van der Waals surface area (Å²) < 4.78 is 21.3. The van der Waals surface area contributed by atoms with Crippen molar-refractivity contribution >= 4 is 11.6 Å². The number of amides is 1. The molecule has 3 aromatic heterocycles. The maximum atomic E-state index is 13.2. The number of nitrogens with zero attached hydrogens (tertiary/aromatic N) is 3. The zero-order valence-electron chi connectivity index (χ0n) is 20.0. The second-order valence-electron chi connectivity index (χ2n) is 8.40. The van der Waals surface area contributed by atoms with Crippen LogP contribution < -0.4 is 10.1 Å². The number of carbonyl (C=O) groups excluding carboxylic acids is 1. The normalized spacial score (nSPS) is 11.0. The Labute approximate surface area is 208 Å². The van der Waals surface area contributed by atoms with E-state index >= 15 is 0 Å². The van der Waals surface area contributed by atoms with Crippen molar-refractivity contribution in [3.05, 3.63) is 108 Å². The maximum absolute atomic E-state index is 13.2. The van der Waals surface area contributed by atoms with Gasteiger partial charge in [-0.1, -0.05) is 36.4 Å². The summed E-state index contributed by atoms with van der Waals surface area (Å²) in [5.41, 5.74) is 6.67. The van der Waals surface area contributed by atoms with Crippen LogP contribution >= 0.6 is 0 Å². The minimum absolute atomic E-state index is 0.194. The van der Waals surface area contributed by atoms with E-state index in [4.69, 9.17) is 9.72 Å². The Hall–Kier alpha value is -4.52. The molecule has 0 bridgehead atoms. The zero-order valence-corrected chi connectivity index (χ0v) is 20.0. The van der Waals surface area contributed by atoms with E-state index in [-0.39, 0.29) is 11.7 Å². The first-order valence-electron chi connectivity index (χ1n) is 11.7. The van der Waals surface area contributed by atoms with Crippen molar-refractivity contribution in [3.63, 3.8) is 0 Å². The molecule has 0 spiro atoms. The first-order valence-corrected chi connectivity index (χ1v) is 11.7. The van der Waals surface area contributed by atoms with Gasteiger partial charge in [0.1, 0.15) is 18.1 Å². The Kier molecular flexibility index (Phi) is 6.45. The van der Waals surface area contributed by atoms with Crippen molar-refractivity contribution in [2.75, 3.05) is 6.54 Å². The van der Waals surface area contributed by atoms with Gasteiger partial charge in [0.15, 0.2) is 11.4 Å². The van der Waals surface area contributed by atoms with E-state index < -0.39 is 0 Å². The van der Waals surface area contributed by atoms with Gasteiger partial charge in [-0.3, -0.25) is 14.2 Å². The van der Waals surface area contributed by atoms with Crippen molar-refractivity contribution in [2.45, 2.75) is 20.5 Å². The summed E-state index contributed by atoms with van der Waals surface area (Å²) in [4.78, 5) is 21.1. The van der Waals surface area contributed by atoms with Gasteiger partial charge in [-0.25, -0.2) is 9.37 Å².